The van der Waals surface area contributed by atoms with E-state index in [0.717, 1.165) is 5.69 Å². The Morgan fingerprint density at radius 2 is 2.00 bits per heavy atom. The number of hydrogen-bond acceptors (Lipinski definition) is 3. The zero-order valence-corrected chi connectivity index (χ0v) is 9.20. The zero-order chi connectivity index (χ0) is 10.7. The molecule has 0 radical (unpaired) electrons. The molecule has 0 spiro atoms. The van der Waals surface area contributed by atoms with Gasteiger partial charge in [-0.05, 0) is 38.7 Å². The lowest BCUT2D eigenvalue weighted by Gasteiger charge is -2.20. The molecule has 0 bridgehead atoms. The molecule has 1 aromatic carbocycles. The third kappa shape index (κ3) is 2.17. The van der Waals surface area contributed by atoms with E-state index in [1.807, 2.05) is 26.2 Å². The normalized spacial score (nSPS) is 12.9. The molecule has 0 amide bonds. The summed E-state index contributed by atoms with van der Waals surface area (Å²) in [4.78, 5) is 2.13. The van der Waals surface area contributed by atoms with Crippen LogP contribution in [0.5, 0.6) is 5.75 Å². The van der Waals surface area contributed by atoms with Crippen molar-refractivity contribution in [3.05, 3.63) is 23.8 Å². The van der Waals surface area contributed by atoms with Gasteiger partial charge in [-0.15, -0.1) is 0 Å². The molecule has 0 saturated carbocycles. The van der Waals surface area contributed by atoms with Crippen LogP contribution in [-0.2, 0) is 0 Å². The topological polar surface area (TPSA) is 35.5 Å². The smallest absolute Gasteiger partial charge is 0.138 e. The van der Waals surface area contributed by atoms with Crippen molar-refractivity contribution in [3.8, 4) is 5.75 Å². The fraction of sp³-hybridized carbons (Fsp3) is 0.455. The third-order valence-corrected chi connectivity index (χ3v) is 2.55. The lowest BCUT2D eigenvalue weighted by atomic mass is 10.1. The third-order valence-electron chi connectivity index (χ3n) is 2.55. The van der Waals surface area contributed by atoms with Crippen LogP contribution in [-0.4, -0.2) is 31.1 Å². The van der Waals surface area contributed by atoms with Gasteiger partial charge in [-0.3, -0.25) is 0 Å². The van der Waals surface area contributed by atoms with E-state index in [1.165, 1.54) is 5.56 Å². The van der Waals surface area contributed by atoms with E-state index in [0.29, 0.717) is 11.8 Å². The molecule has 2 N–H and O–H groups in total. The number of phenolic OH excluding ortho intramolecular Hbond substituents is 1. The van der Waals surface area contributed by atoms with Gasteiger partial charge in [-0.1, -0.05) is 6.07 Å². The minimum Gasteiger partial charge on any atom is -0.506 e. The lowest BCUT2D eigenvalue weighted by molar-refractivity contribution is 0.321. The van der Waals surface area contributed by atoms with Crippen LogP contribution in [0.3, 0.4) is 0 Å². The van der Waals surface area contributed by atoms with Crippen LogP contribution < -0.4 is 5.32 Å². The Hall–Kier alpha value is -1.22. The molecular weight excluding hydrogens is 176 g/mol. The zero-order valence-electron chi connectivity index (χ0n) is 9.20. The second-order valence-corrected chi connectivity index (χ2v) is 3.67. The summed E-state index contributed by atoms with van der Waals surface area (Å²) in [6, 6.07) is 5.99. The SMILES string of the molecule is CNc1cc(C(C)N(C)C)ccc1O. The first-order valence-corrected chi connectivity index (χ1v) is 4.73. The fourth-order valence-electron chi connectivity index (χ4n) is 1.31. The summed E-state index contributed by atoms with van der Waals surface area (Å²) in [6.07, 6.45) is 0. The van der Waals surface area contributed by atoms with Gasteiger partial charge in [0.15, 0.2) is 0 Å². The molecule has 0 aliphatic rings. The van der Waals surface area contributed by atoms with E-state index in [4.69, 9.17) is 0 Å². The van der Waals surface area contributed by atoms with E-state index in [2.05, 4.69) is 17.1 Å². The predicted octanol–water partition coefficient (Wildman–Crippen LogP) is 2.06. The van der Waals surface area contributed by atoms with E-state index in [-0.39, 0.29) is 0 Å². The van der Waals surface area contributed by atoms with Crippen molar-refractivity contribution in [3.63, 3.8) is 0 Å². The number of anilines is 1. The van der Waals surface area contributed by atoms with Crippen molar-refractivity contribution in [2.45, 2.75) is 13.0 Å². The molecule has 0 saturated heterocycles. The molecule has 14 heavy (non-hydrogen) atoms. The second kappa shape index (κ2) is 4.33. The van der Waals surface area contributed by atoms with Gasteiger partial charge in [0.2, 0.25) is 0 Å². The number of aromatic hydroxyl groups is 1. The van der Waals surface area contributed by atoms with Gasteiger partial charge >= 0.3 is 0 Å². The second-order valence-electron chi connectivity index (χ2n) is 3.67. The first-order chi connectivity index (χ1) is 6.56. The Morgan fingerprint density at radius 3 is 2.50 bits per heavy atom. The molecule has 0 aliphatic carbocycles. The molecule has 78 valence electrons. The average molecular weight is 194 g/mol. The molecule has 3 nitrogen and oxygen atoms in total. The number of nitrogens with zero attached hydrogens (tertiary/aromatic N) is 1. The maximum atomic E-state index is 9.48. The molecule has 0 heterocycles. The number of rotatable bonds is 3. The van der Waals surface area contributed by atoms with Crippen molar-refractivity contribution in [2.75, 3.05) is 26.5 Å². The molecule has 0 aliphatic heterocycles. The van der Waals surface area contributed by atoms with E-state index in [1.54, 1.807) is 13.1 Å². The van der Waals surface area contributed by atoms with Crippen molar-refractivity contribution in [1.29, 1.82) is 0 Å². The molecule has 0 fully saturated rings. The summed E-state index contributed by atoms with van der Waals surface area (Å²) in [7, 11) is 5.88. The monoisotopic (exact) mass is 194 g/mol. The van der Waals surface area contributed by atoms with Crippen molar-refractivity contribution < 1.29 is 5.11 Å². The van der Waals surface area contributed by atoms with Gasteiger partial charge in [0.25, 0.3) is 0 Å². The highest BCUT2D eigenvalue weighted by Gasteiger charge is 2.09. The fourth-order valence-corrected chi connectivity index (χ4v) is 1.31. The van der Waals surface area contributed by atoms with Crippen molar-refractivity contribution in [1.82, 2.24) is 4.90 Å². The Morgan fingerprint density at radius 1 is 1.36 bits per heavy atom. The van der Waals surface area contributed by atoms with Gasteiger partial charge in [-0.25, -0.2) is 0 Å². The van der Waals surface area contributed by atoms with Crippen LogP contribution >= 0.6 is 0 Å². The molecule has 1 unspecified atom stereocenters. The molecule has 1 atom stereocenters. The lowest BCUT2D eigenvalue weighted by Crippen LogP contribution is -2.16. The Bertz CT molecular complexity index is 310. The van der Waals surface area contributed by atoms with Crippen molar-refractivity contribution in [2.24, 2.45) is 0 Å². The Labute approximate surface area is 85.4 Å². The van der Waals surface area contributed by atoms with E-state index in [9.17, 15) is 5.11 Å². The molecular formula is C11H18N2O. The molecule has 3 heteroatoms. The van der Waals surface area contributed by atoms with Gasteiger partial charge in [0.1, 0.15) is 5.75 Å². The Kier molecular flexibility index (Phi) is 3.36. The largest absolute Gasteiger partial charge is 0.506 e. The molecule has 0 aromatic heterocycles. The van der Waals surface area contributed by atoms with Crippen LogP contribution in [0.4, 0.5) is 5.69 Å². The maximum absolute atomic E-state index is 9.48. The Balaban J connectivity index is 3.00. The average Bonchev–Trinajstić information content (AvgIpc) is 2.17. The van der Waals surface area contributed by atoms with E-state index < -0.39 is 0 Å². The van der Waals surface area contributed by atoms with Crippen LogP contribution in [0.25, 0.3) is 0 Å². The van der Waals surface area contributed by atoms with Crippen LogP contribution in [0, 0.1) is 0 Å². The summed E-state index contributed by atoms with van der Waals surface area (Å²) in [5.41, 5.74) is 1.97. The quantitative estimate of drug-likeness (QED) is 0.723. The number of hydrogen-bond donors (Lipinski definition) is 2. The highest BCUT2D eigenvalue weighted by atomic mass is 16.3. The summed E-state index contributed by atoms with van der Waals surface area (Å²) in [5, 5.41) is 12.4. The maximum Gasteiger partial charge on any atom is 0.138 e. The van der Waals surface area contributed by atoms with Crippen LogP contribution in [0.1, 0.15) is 18.5 Å². The summed E-state index contributed by atoms with van der Waals surface area (Å²) >= 11 is 0. The summed E-state index contributed by atoms with van der Waals surface area (Å²) in [5.74, 6) is 0.294. The molecule has 1 aromatic rings. The first-order valence-electron chi connectivity index (χ1n) is 4.73. The van der Waals surface area contributed by atoms with Gasteiger partial charge < -0.3 is 15.3 Å². The highest BCUT2D eigenvalue weighted by molar-refractivity contribution is 5.57. The number of phenols is 1. The van der Waals surface area contributed by atoms with Gasteiger partial charge in [0, 0.05) is 13.1 Å². The minimum atomic E-state index is 0.294. The number of benzene rings is 1. The highest BCUT2D eigenvalue weighted by Crippen LogP contribution is 2.27. The predicted molar refractivity (Wildman–Crippen MR) is 59.8 cm³/mol. The van der Waals surface area contributed by atoms with Crippen LogP contribution in [0.2, 0.25) is 0 Å². The minimum absolute atomic E-state index is 0.294. The molecule has 1 rings (SSSR count). The number of nitrogens with one attached hydrogen (secondary N) is 1. The van der Waals surface area contributed by atoms with Gasteiger partial charge in [0.05, 0.1) is 5.69 Å². The van der Waals surface area contributed by atoms with E-state index >= 15 is 0 Å². The first kappa shape index (κ1) is 10.9. The summed E-state index contributed by atoms with van der Waals surface area (Å²) < 4.78 is 0. The van der Waals surface area contributed by atoms with Gasteiger partial charge in [-0.2, -0.15) is 0 Å². The summed E-state index contributed by atoms with van der Waals surface area (Å²) in [6.45, 7) is 2.13. The van der Waals surface area contributed by atoms with Crippen molar-refractivity contribution >= 4 is 5.69 Å². The standard InChI is InChI=1S/C11H18N2O/c1-8(13(3)4)9-5-6-11(14)10(7-9)12-2/h5-8,12,14H,1-4H3. The van der Waals surface area contributed by atoms with Crippen LogP contribution in [0.15, 0.2) is 18.2 Å².